The number of aryl methyl sites for hydroxylation is 2. The molecule has 1 fully saturated rings. The summed E-state index contributed by atoms with van der Waals surface area (Å²) in [5.74, 6) is 0. The Kier molecular flexibility index (Phi) is 4.64. The molecule has 0 bridgehead atoms. The molecule has 1 N–H and O–H groups in total. The van der Waals surface area contributed by atoms with Gasteiger partial charge in [0.05, 0.1) is 0 Å². The van der Waals surface area contributed by atoms with Gasteiger partial charge in [-0.05, 0) is 58.6 Å². The van der Waals surface area contributed by atoms with Crippen LogP contribution in [0.3, 0.4) is 0 Å². The first-order valence-corrected chi connectivity index (χ1v) is 7.60. The zero-order valence-electron chi connectivity index (χ0n) is 13.0. The minimum absolute atomic E-state index is 0.378. The third kappa shape index (κ3) is 3.37. The van der Waals surface area contributed by atoms with Gasteiger partial charge < -0.3 is 0 Å². The van der Waals surface area contributed by atoms with Crippen LogP contribution < -0.4 is 5.43 Å². The maximum Gasteiger partial charge on any atom is 0.0439 e. The molecule has 2 heteroatoms. The monoisotopic (exact) mass is 260 g/mol. The van der Waals surface area contributed by atoms with Crippen LogP contribution in [-0.2, 0) is 0 Å². The van der Waals surface area contributed by atoms with Gasteiger partial charge in [-0.25, -0.2) is 10.4 Å². The van der Waals surface area contributed by atoms with Crippen molar-refractivity contribution >= 4 is 0 Å². The Morgan fingerprint density at radius 1 is 1.16 bits per heavy atom. The van der Waals surface area contributed by atoms with Crippen molar-refractivity contribution in [3.8, 4) is 0 Å². The van der Waals surface area contributed by atoms with Crippen LogP contribution >= 0.6 is 0 Å². The predicted molar refractivity (Wildman–Crippen MR) is 82.1 cm³/mol. The number of rotatable bonds is 3. The minimum atomic E-state index is 0.378. The number of nitrogens with zero attached hydrogens (tertiary/aromatic N) is 1. The minimum Gasteiger partial charge on any atom is -0.247 e. The second kappa shape index (κ2) is 6.06. The second-order valence-corrected chi connectivity index (χ2v) is 6.25. The van der Waals surface area contributed by atoms with Gasteiger partial charge in [-0.1, -0.05) is 30.2 Å². The number of benzene rings is 1. The van der Waals surface area contributed by atoms with E-state index in [4.69, 9.17) is 0 Å². The Hall–Kier alpha value is -0.860. The number of hydrazine groups is 1. The van der Waals surface area contributed by atoms with Gasteiger partial charge in [0.1, 0.15) is 0 Å². The molecule has 2 rings (SSSR count). The molecule has 106 valence electrons. The molecule has 3 unspecified atom stereocenters. The summed E-state index contributed by atoms with van der Waals surface area (Å²) in [6.07, 6.45) is 3.96. The van der Waals surface area contributed by atoms with E-state index in [0.29, 0.717) is 18.1 Å². The molecule has 0 amide bonds. The first kappa shape index (κ1) is 14.5. The average molecular weight is 260 g/mol. The molecule has 0 aliphatic carbocycles. The van der Waals surface area contributed by atoms with E-state index in [1.807, 2.05) is 0 Å². The van der Waals surface area contributed by atoms with Crippen molar-refractivity contribution in [1.29, 1.82) is 0 Å². The fourth-order valence-corrected chi connectivity index (χ4v) is 3.20. The van der Waals surface area contributed by atoms with Crippen LogP contribution in [0.5, 0.6) is 0 Å². The Morgan fingerprint density at radius 2 is 1.79 bits per heavy atom. The van der Waals surface area contributed by atoms with Crippen LogP contribution in [0.25, 0.3) is 0 Å². The average Bonchev–Trinajstić information content (AvgIpc) is 2.37. The highest BCUT2D eigenvalue weighted by Crippen LogP contribution is 2.24. The molecular formula is C17H28N2. The van der Waals surface area contributed by atoms with E-state index in [0.717, 1.165) is 0 Å². The lowest BCUT2D eigenvalue weighted by molar-refractivity contribution is 0.0319. The lowest BCUT2D eigenvalue weighted by Crippen LogP contribution is -2.52. The van der Waals surface area contributed by atoms with Crippen LogP contribution in [0.15, 0.2) is 18.2 Å². The van der Waals surface area contributed by atoms with Gasteiger partial charge in [-0.15, -0.1) is 0 Å². The van der Waals surface area contributed by atoms with Gasteiger partial charge in [0, 0.05) is 18.1 Å². The molecule has 19 heavy (non-hydrogen) atoms. The SMILES string of the molecule is Cc1ccc(C)c(C(C)NN2C(C)CCCC2C)c1. The largest absolute Gasteiger partial charge is 0.247 e. The summed E-state index contributed by atoms with van der Waals surface area (Å²) < 4.78 is 0. The lowest BCUT2D eigenvalue weighted by atomic mass is 9.98. The van der Waals surface area contributed by atoms with Crippen molar-refractivity contribution in [1.82, 2.24) is 10.4 Å². The number of hydrogen-bond acceptors (Lipinski definition) is 2. The van der Waals surface area contributed by atoms with E-state index in [-0.39, 0.29) is 0 Å². The topological polar surface area (TPSA) is 15.3 Å². The van der Waals surface area contributed by atoms with Gasteiger partial charge in [0.25, 0.3) is 0 Å². The van der Waals surface area contributed by atoms with E-state index in [9.17, 15) is 0 Å². The molecular weight excluding hydrogens is 232 g/mol. The molecule has 3 atom stereocenters. The van der Waals surface area contributed by atoms with Gasteiger partial charge in [0.2, 0.25) is 0 Å². The smallest absolute Gasteiger partial charge is 0.0439 e. The fraction of sp³-hybridized carbons (Fsp3) is 0.647. The lowest BCUT2D eigenvalue weighted by Gasteiger charge is -2.41. The first-order valence-electron chi connectivity index (χ1n) is 7.60. The zero-order valence-corrected chi connectivity index (χ0v) is 13.0. The van der Waals surface area contributed by atoms with Crippen molar-refractivity contribution in [2.45, 2.75) is 72.0 Å². The first-order chi connectivity index (χ1) is 8.99. The van der Waals surface area contributed by atoms with E-state index in [2.05, 4.69) is 63.3 Å². The molecule has 1 aliphatic rings. The molecule has 0 spiro atoms. The summed E-state index contributed by atoms with van der Waals surface area (Å²) in [5, 5.41) is 2.47. The standard InChI is InChI=1S/C17H28N2/c1-12-9-10-13(2)17(11-12)16(5)18-19-14(3)7-6-8-15(19)4/h9-11,14-16,18H,6-8H2,1-5H3. The summed E-state index contributed by atoms with van der Waals surface area (Å²) >= 11 is 0. The van der Waals surface area contributed by atoms with Gasteiger partial charge in [-0.3, -0.25) is 0 Å². The highest BCUT2D eigenvalue weighted by Gasteiger charge is 2.26. The molecule has 1 aromatic rings. The number of nitrogens with one attached hydrogen (secondary N) is 1. The van der Waals surface area contributed by atoms with E-state index in [1.54, 1.807) is 0 Å². The van der Waals surface area contributed by atoms with Crippen LogP contribution in [0.4, 0.5) is 0 Å². The number of piperidine rings is 1. The van der Waals surface area contributed by atoms with E-state index < -0.39 is 0 Å². The molecule has 1 saturated heterocycles. The molecule has 1 aromatic carbocycles. The van der Waals surface area contributed by atoms with Crippen molar-refractivity contribution in [3.63, 3.8) is 0 Å². The predicted octanol–water partition coefficient (Wildman–Crippen LogP) is 4.13. The second-order valence-electron chi connectivity index (χ2n) is 6.25. The van der Waals surface area contributed by atoms with Crippen molar-refractivity contribution < 1.29 is 0 Å². The maximum absolute atomic E-state index is 3.74. The zero-order chi connectivity index (χ0) is 14.0. The van der Waals surface area contributed by atoms with Crippen LogP contribution in [0.2, 0.25) is 0 Å². The van der Waals surface area contributed by atoms with Crippen molar-refractivity contribution in [2.75, 3.05) is 0 Å². The third-order valence-corrected chi connectivity index (χ3v) is 4.44. The van der Waals surface area contributed by atoms with Crippen LogP contribution in [0, 0.1) is 13.8 Å². The maximum atomic E-state index is 3.74. The van der Waals surface area contributed by atoms with Gasteiger partial charge in [0.15, 0.2) is 0 Å². The van der Waals surface area contributed by atoms with Crippen LogP contribution in [0.1, 0.15) is 62.8 Å². The van der Waals surface area contributed by atoms with Gasteiger partial charge in [-0.2, -0.15) is 0 Å². The highest BCUT2D eigenvalue weighted by atomic mass is 15.5. The van der Waals surface area contributed by atoms with Crippen LogP contribution in [-0.4, -0.2) is 17.1 Å². The Labute approximate surface area is 118 Å². The highest BCUT2D eigenvalue weighted by molar-refractivity contribution is 5.32. The summed E-state index contributed by atoms with van der Waals surface area (Å²) in [6, 6.07) is 8.38. The summed E-state index contributed by atoms with van der Waals surface area (Å²) in [4.78, 5) is 0. The molecule has 1 aliphatic heterocycles. The Balaban J connectivity index is 2.11. The van der Waals surface area contributed by atoms with E-state index >= 15 is 0 Å². The van der Waals surface area contributed by atoms with Gasteiger partial charge >= 0.3 is 0 Å². The molecule has 0 aromatic heterocycles. The summed E-state index contributed by atoms with van der Waals surface area (Å²) in [6.45, 7) is 11.3. The number of hydrogen-bond donors (Lipinski definition) is 1. The fourth-order valence-electron chi connectivity index (χ4n) is 3.20. The summed E-state index contributed by atoms with van der Waals surface area (Å²) in [5.41, 5.74) is 7.88. The molecule has 2 nitrogen and oxygen atoms in total. The Bertz CT molecular complexity index is 417. The van der Waals surface area contributed by atoms with Crippen molar-refractivity contribution in [3.05, 3.63) is 34.9 Å². The quantitative estimate of drug-likeness (QED) is 0.879. The molecule has 0 radical (unpaired) electrons. The summed E-state index contributed by atoms with van der Waals surface area (Å²) in [7, 11) is 0. The Morgan fingerprint density at radius 3 is 2.42 bits per heavy atom. The normalized spacial score (nSPS) is 26.4. The van der Waals surface area contributed by atoms with E-state index in [1.165, 1.54) is 36.0 Å². The molecule has 1 heterocycles. The molecule has 0 saturated carbocycles. The van der Waals surface area contributed by atoms with Crippen molar-refractivity contribution in [2.24, 2.45) is 0 Å². The third-order valence-electron chi connectivity index (χ3n) is 4.44.